The SMILES string of the molecule is CC(C#N)c1ccc(NC(=O)OC(C)(C)C)c(Cl)c1. The number of ether oxygens (including phenoxy) is 1. The van der Waals surface area contributed by atoms with Crippen molar-refractivity contribution in [3.63, 3.8) is 0 Å². The lowest BCUT2D eigenvalue weighted by Gasteiger charge is -2.20. The number of benzene rings is 1. The first kappa shape index (κ1) is 15.3. The Bertz CT molecular complexity index is 515. The lowest BCUT2D eigenvalue weighted by Crippen LogP contribution is -2.27. The van der Waals surface area contributed by atoms with Gasteiger partial charge in [0.1, 0.15) is 5.60 Å². The molecule has 0 aliphatic heterocycles. The summed E-state index contributed by atoms with van der Waals surface area (Å²) in [6.45, 7) is 7.14. The van der Waals surface area contributed by atoms with Crippen molar-refractivity contribution in [3.05, 3.63) is 28.8 Å². The minimum atomic E-state index is -0.564. The molecule has 0 heterocycles. The fourth-order valence-corrected chi connectivity index (χ4v) is 1.63. The third-order valence-electron chi connectivity index (χ3n) is 2.32. The van der Waals surface area contributed by atoms with Crippen LogP contribution in [0.25, 0.3) is 0 Å². The molecule has 1 aromatic carbocycles. The van der Waals surface area contributed by atoms with Gasteiger partial charge < -0.3 is 4.74 Å². The quantitative estimate of drug-likeness (QED) is 0.878. The maximum atomic E-state index is 11.6. The molecule has 1 N–H and O–H groups in total. The van der Waals surface area contributed by atoms with Crippen LogP contribution in [0.4, 0.5) is 10.5 Å². The van der Waals surface area contributed by atoms with Crippen LogP contribution in [0, 0.1) is 11.3 Å². The summed E-state index contributed by atoms with van der Waals surface area (Å²) in [7, 11) is 0. The third-order valence-corrected chi connectivity index (χ3v) is 2.64. The highest BCUT2D eigenvalue weighted by Gasteiger charge is 2.17. The molecule has 0 aliphatic rings. The fourth-order valence-electron chi connectivity index (χ4n) is 1.39. The number of halogens is 1. The van der Waals surface area contributed by atoms with Gasteiger partial charge in [0.2, 0.25) is 0 Å². The molecule has 102 valence electrons. The monoisotopic (exact) mass is 280 g/mol. The minimum Gasteiger partial charge on any atom is -0.444 e. The van der Waals surface area contributed by atoms with E-state index in [9.17, 15) is 4.79 Å². The van der Waals surface area contributed by atoms with Gasteiger partial charge in [0, 0.05) is 0 Å². The molecule has 1 aromatic rings. The van der Waals surface area contributed by atoms with E-state index in [2.05, 4.69) is 11.4 Å². The second-order valence-electron chi connectivity index (χ2n) is 5.22. The molecule has 0 bridgehead atoms. The second kappa shape index (κ2) is 5.94. The van der Waals surface area contributed by atoms with Gasteiger partial charge in [-0.15, -0.1) is 0 Å². The van der Waals surface area contributed by atoms with Crippen LogP contribution < -0.4 is 5.32 Å². The standard InChI is InChI=1S/C14H17ClN2O2/c1-9(8-16)10-5-6-12(11(15)7-10)17-13(18)19-14(2,3)4/h5-7,9H,1-4H3,(H,17,18). The van der Waals surface area contributed by atoms with Gasteiger partial charge in [0.25, 0.3) is 0 Å². The summed E-state index contributed by atoms with van der Waals surface area (Å²) in [5.41, 5.74) is 0.707. The van der Waals surface area contributed by atoms with Gasteiger partial charge in [0.15, 0.2) is 0 Å². The second-order valence-corrected chi connectivity index (χ2v) is 5.62. The van der Waals surface area contributed by atoms with Crippen LogP contribution >= 0.6 is 11.6 Å². The van der Waals surface area contributed by atoms with E-state index < -0.39 is 11.7 Å². The summed E-state index contributed by atoms with van der Waals surface area (Å²) in [5.74, 6) is -0.243. The van der Waals surface area contributed by atoms with Crippen molar-refractivity contribution >= 4 is 23.4 Å². The van der Waals surface area contributed by atoms with Crippen LogP contribution in [0.1, 0.15) is 39.2 Å². The Morgan fingerprint density at radius 3 is 2.58 bits per heavy atom. The average molecular weight is 281 g/mol. The molecule has 0 aromatic heterocycles. The van der Waals surface area contributed by atoms with Gasteiger partial charge in [-0.3, -0.25) is 5.32 Å². The van der Waals surface area contributed by atoms with Gasteiger partial charge in [-0.25, -0.2) is 4.79 Å². The number of nitrogens with zero attached hydrogens (tertiary/aromatic N) is 1. The minimum absolute atomic E-state index is 0.243. The normalized spacial score (nSPS) is 12.4. The smallest absolute Gasteiger partial charge is 0.412 e. The van der Waals surface area contributed by atoms with E-state index >= 15 is 0 Å². The van der Waals surface area contributed by atoms with E-state index in [0.717, 1.165) is 5.56 Å². The lowest BCUT2D eigenvalue weighted by molar-refractivity contribution is 0.0636. The van der Waals surface area contributed by atoms with E-state index in [4.69, 9.17) is 21.6 Å². The molecule has 1 rings (SSSR count). The Morgan fingerprint density at radius 1 is 1.47 bits per heavy atom. The summed E-state index contributed by atoms with van der Waals surface area (Å²) in [6.07, 6.45) is -0.560. The van der Waals surface area contributed by atoms with Crippen molar-refractivity contribution in [1.82, 2.24) is 0 Å². The van der Waals surface area contributed by atoms with Gasteiger partial charge in [-0.2, -0.15) is 5.26 Å². The van der Waals surface area contributed by atoms with Crippen molar-refractivity contribution in [3.8, 4) is 6.07 Å². The van der Waals surface area contributed by atoms with Crippen LogP contribution in [-0.4, -0.2) is 11.7 Å². The number of carbonyl (C=O) groups excluding carboxylic acids is 1. The summed E-state index contributed by atoms with van der Waals surface area (Å²) < 4.78 is 5.13. The number of carbonyl (C=O) groups is 1. The first-order chi connectivity index (χ1) is 8.73. The zero-order valence-corrected chi connectivity index (χ0v) is 12.2. The molecule has 0 aliphatic carbocycles. The molecule has 0 radical (unpaired) electrons. The number of nitriles is 1. The van der Waals surface area contributed by atoms with Crippen LogP contribution in [-0.2, 0) is 4.74 Å². The zero-order chi connectivity index (χ0) is 14.6. The van der Waals surface area contributed by atoms with Gasteiger partial charge >= 0.3 is 6.09 Å². The highest BCUT2D eigenvalue weighted by molar-refractivity contribution is 6.33. The summed E-state index contributed by atoms with van der Waals surface area (Å²) in [4.78, 5) is 11.6. The number of hydrogen-bond acceptors (Lipinski definition) is 3. The summed E-state index contributed by atoms with van der Waals surface area (Å²) in [5, 5.41) is 11.8. The average Bonchev–Trinajstić information content (AvgIpc) is 2.28. The maximum Gasteiger partial charge on any atom is 0.412 e. The predicted molar refractivity (Wildman–Crippen MR) is 75.3 cm³/mol. The molecule has 4 nitrogen and oxygen atoms in total. The maximum absolute atomic E-state index is 11.6. The molecular formula is C14H17ClN2O2. The van der Waals surface area contributed by atoms with Gasteiger partial charge in [-0.1, -0.05) is 17.7 Å². The van der Waals surface area contributed by atoms with Crippen molar-refractivity contribution < 1.29 is 9.53 Å². The molecule has 5 heteroatoms. The molecule has 0 spiro atoms. The van der Waals surface area contributed by atoms with Crippen LogP contribution in [0.15, 0.2) is 18.2 Å². The van der Waals surface area contributed by atoms with Crippen molar-refractivity contribution in [2.75, 3.05) is 5.32 Å². The molecule has 0 saturated heterocycles. The molecule has 0 fully saturated rings. The van der Waals surface area contributed by atoms with Crippen molar-refractivity contribution in [1.29, 1.82) is 5.26 Å². The number of nitrogens with one attached hydrogen (secondary N) is 1. The van der Waals surface area contributed by atoms with Crippen LogP contribution in [0.3, 0.4) is 0 Å². The lowest BCUT2D eigenvalue weighted by atomic mass is 10.0. The Morgan fingerprint density at radius 2 is 2.11 bits per heavy atom. The van der Waals surface area contributed by atoms with E-state index in [-0.39, 0.29) is 5.92 Å². The van der Waals surface area contributed by atoms with Crippen LogP contribution in [0.2, 0.25) is 5.02 Å². The van der Waals surface area contributed by atoms with Crippen molar-refractivity contribution in [2.24, 2.45) is 0 Å². The van der Waals surface area contributed by atoms with Gasteiger partial charge in [-0.05, 0) is 45.4 Å². The molecule has 1 unspecified atom stereocenters. The summed E-state index contributed by atoms with van der Waals surface area (Å²) >= 11 is 6.07. The van der Waals surface area contributed by atoms with Crippen molar-refractivity contribution in [2.45, 2.75) is 39.2 Å². The first-order valence-corrected chi connectivity index (χ1v) is 6.30. The Hall–Kier alpha value is -1.73. The Balaban J connectivity index is 2.81. The Labute approximate surface area is 118 Å². The zero-order valence-electron chi connectivity index (χ0n) is 11.5. The van der Waals surface area contributed by atoms with E-state index in [1.54, 1.807) is 45.9 Å². The fraction of sp³-hybridized carbons (Fsp3) is 0.429. The predicted octanol–water partition coefficient (Wildman–Crippen LogP) is 4.31. The molecule has 1 amide bonds. The Kier molecular flexibility index (Phi) is 4.79. The number of amides is 1. The third kappa shape index (κ3) is 4.80. The number of rotatable bonds is 2. The molecule has 1 atom stereocenters. The molecular weight excluding hydrogens is 264 g/mol. The van der Waals surface area contributed by atoms with E-state index in [0.29, 0.717) is 10.7 Å². The van der Waals surface area contributed by atoms with E-state index in [1.165, 1.54) is 0 Å². The number of anilines is 1. The molecule has 19 heavy (non-hydrogen) atoms. The van der Waals surface area contributed by atoms with Gasteiger partial charge in [0.05, 0.1) is 22.7 Å². The largest absolute Gasteiger partial charge is 0.444 e. The van der Waals surface area contributed by atoms with E-state index in [1.807, 2.05) is 0 Å². The number of hydrogen-bond donors (Lipinski definition) is 1. The first-order valence-electron chi connectivity index (χ1n) is 5.92. The highest BCUT2D eigenvalue weighted by Crippen LogP contribution is 2.27. The topological polar surface area (TPSA) is 62.1 Å². The molecule has 0 saturated carbocycles. The summed E-state index contributed by atoms with van der Waals surface area (Å²) in [6, 6.07) is 7.22. The van der Waals surface area contributed by atoms with Crippen LogP contribution in [0.5, 0.6) is 0 Å². The highest BCUT2D eigenvalue weighted by atomic mass is 35.5.